The number of aromatic nitrogens is 1. The number of amides is 1. The largest absolute Gasteiger partial charge is 0.348 e. The number of nitriles is 1. The summed E-state index contributed by atoms with van der Waals surface area (Å²) in [5, 5.41) is 11.9. The molecule has 1 saturated carbocycles. The Morgan fingerprint density at radius 3 is 3.00 bits per heavy atom. The molecule has 1 aliphatic rings. The standard InChI is InChI=1S/C13H15N3O/c1-9-5-6-11(8-15-9)13(17)16-12-4-2-3-10(12)7-14/h5-6,8,10,12H,2-4H2,1H3,(H,16,17). The van der Waals surface area contributed by atoms with Crippen LogP contribution in [0.4, 0.5) is 0 Å². The Labute approximate surface area is 101 Å². The van der Waals surface area contributed by atoms with Crippen LogP contribution in [0.3, 0.4) is 0 Å². The van der Waals surface area contributed by atoms with Gasteiger partial charge in [-0.3, -0.25) is 9.78 Å². The molecule has 1 aromatic heterocycles. The van der Waals surface area contributed by atoms with Gasteiger partial charge in [-0.1, -0.05) is 0 Å². The normalized spacial score (nSPS) is 23.1. The number of pyridine rings is 1. The third kappa shape index (κ3) is 2.62. The van der Waals surface area contributed by atoms with E-state index in [9.17, 15) is 4.79 Å². The topological polar surface area (TPSA) is 65.8 Å². The highest BCUT2D eigenvalue weighted by Gasteiger charge is 2.28. The summed E-state index contributed by atoms with van der Waals surface area (Å²) in [6, 6.07) is 5.81. The monoisotopic (exact) mass is 229 g/mol. The molecule has 0 bridgehead atoms. The molecule has 4 heteroatoms. The third-order valence-corrected chi connectivity index (χ3v) is 3.17. The highest BCUT2D eigenvalue weighted by molar-refractivity contribution is 5.94. The van der Waals surface area contributed by atoms with Crippen LogP contribution in [0, 0.1) is 24.2 Å². The van der Waals surface area contributed by atoms with Gasteiger partial charge in [0.15, 0.2) is 0 Å². The Morgan fingerprint density at radius 2 is 2.35 bits per heavy atom. The zero-order valence-electron chi connectivity index (χ0n) is 9.81. The molecular formula is C13H15N3O. The van der Waals surface area contributed by atoms with E-state index in [1.165, 1.54) is 0 Å². The van der Waals surface area contributed by atoms with E-state index in [4.69, 9.17) is 5.26 Å². The van der Waals surface area contributed by atoms with Crippen molar-refractivity contribution in [2.45, 2.75) is 32.2 Å². The zero-order valence-corrected chi connectivity index (χ0v) is 9.81. The number of nitrogens with one attached hydrogen (secondary N) is 1. The summed E-state index contributed by atoms with van der Waals surface area (Å²) in [6.07, 6.45) is 4.35. The fourth-order valence-electron chi connectivity index (χ4n) is 2.14. The molecule has 1 amide bonds. The summed E-state index contributed by atoms with van der Waals surface area (Å²) in [6.45, 7) is 1.88. The smallest absolute Gasteiger partial charge is 0.253 e. The lowest BCUT2D eigenvalue weighted by molar-refractivity contribution is 0.0932. The SMILES string of the molecule is Cc1ccc(C(=O)NC2CCCC2C#N)cn1. The van der Waals surface area contributed by atoms with Crippen molar-refractivity contribution in [1.82, 2.24) is 10.3 Å². The van der Waals surface area contributed by atoms with Gasteiger partial charge in [0.05, 0.1) is 17.6 Å². The first kappa shape index (κ1) is 11.6. The number of carbonyl (C=O) groups is 1. The number of aryl methyl sites for hydroxylation is 1. The maximum absolute atomic E-state index is 11.9. The van der Waals surface area contributed by atoms with Gasteiger partial charge in [0, 0.05) is 17.9 Å². The van der Waals surface area contributed by atoms with Crippen LogP contribution in [-0.2, 0) is 0 Å². The molecule has 0 saturated heterocycles. The van der Waals surface area contributed by atoms with Crippen molar-refractivity contribution in [3.63, 3.8) is 0 Å². The highest BCUT2D eigenvalue weighted by atomic mass is 16.1. The molecular weight excluding hydrogens is 214 g/mol. The quantitative estimate of drug-likeness (QED) is 0.841. The van der Waals surface area contributed by atoms with Gasteiger partial charge < -0.3 is 5.32 Å². The Morgan fingerprint density at radius 1 is 1.53 bits per heavy atom. The van der Waals surface area contributed by atoms with Gasteiger partial charge in [0.2, 0.25) is 0 Å². The van der Waals surface area contributed by atoms with Crippen molar-refractivity contribution >= 4 is 5.91 Å². The second-order valence-electron chi connectivity index (χ2n) is 4.43. The molecule has 1 aromatic rings. The van der Waals surface area contributed by atoms with E-state index in [2.05, 4.69) is 16.4 Å². The average molecular weight is 229 g/mol. The summed E-state index contributed by atoms with van der Waals surface area (Å²) in [4.78, 5) is 16.0. The molecule has 1 fully saturated rings. The molecule has 1 aliphatic carbocycles. The predicted molar refractivity (Wildman–Crippen MR) is 63.2 cm³/mol. The maximum atomic E-state index is 11.9. The number of hydrogen-bond acceptors (Lipinski definition) is 3. The van der Waals surface area contributed by atoms with Crippen molar-refractivity contribution < 1.29 is 4.79 Å². The molecule has 88 valence electrons. The Kier molecular flexibility index (Phi) is 3.38. The molecule has 0 aromatic carbocycles. The summed E-state index contributed by atoms with van der Waals surface area (Å²) in [5.41, 5.74) is 1.44. The van der Waals surface area contributed by atoms with Crippen LogP contribution in [0.25, 0.3) is 0 Å². The van der Waals surface area contributed by atoms with Crippen molar-refractivity contribution in [3.05, 3.63) is 29.6 Å². The predicted octanol–water partition coefficient (Wildman–Crippen LogP) is 1.81. The second-order valence-corrected chi connectivity index (χ2v) is 4.43. The van der Waals surface area contributed by atoms with E-state index in [0.717, 1.165) is 25.0 Å². The first-order valence-electron chi connectivity index (χ1n) is 5.84. The van der Waals surface area contributed by atoms with E-state index >= 15 is 0 Å². The molecule has 2 unspecified atom stereocenters. The summed E-state index contributed by atoms with van der Waals surface area (Å²) >= 11 is 0. The Balaban J connectivity index is 2.02. The summed E-state index contributed by atoms with van der Waals surface area (Å²) in [5.74, 6) is -0.179. The average Bonchev–Trinajstić information content (AvgIpc) is 2.77. The van der Waals surface area contributed by atoms with Crippen LogP contribution < -0.4 is 5.32 Å². The lowest BCUT2D eigenvalue weighted by atomic mass is 10.1. The first-order chi connectivity index (χ1) is 8.20. The molecule has 0 radical (unpaired) electrons. The highest BCUT2D eigenvalue weighted by Crippen LogP contribution is 2.25. The molecule has 0 aliphatic heterocycles. The lowest BCUT2D eigenvalue weighted by Crippen LogP contribution is -2.36. The Hall–Kier alpha value is -1.89. The van der Waals surface area contributed by atoms with E-state index in [0.29, 0.717) is 5.56 Å². The third-order valence-electron chi connectivity index (χ3n) is 3.17. The van der Waals surface area contributed by atoms with Crippen LogP contribution in [0.15, 0.2) is 18.3 Å². The van der Waals surface area contributed by atoms with Gasteiger partial charge in [-0.2, -0.15) is 5.26 Å². The lowest BCUT2D eigenvalue weighted by Gasteiger charge is -2.15. The summed E-state index contributed by atoms with van der Waals surface area (Å²) in [7, 11) is 0. The minimum Gasteiger partial charge on any atom is -0.348 e. The van der Waals surface area contributed by atoms with Gasteiger partial charge in [-0.25, -0.2) is 0 Å². The van der Waals surface area contributed by atoms with Gasteiger partial charge in [-0.05, 0) is 38.3 Å². The van der Waals surface area contributed by atoms with Crippen LogP contribution in [0.2, 0.25) is 0 Å². The van der Waals surface area contributed by atoms with Crippen molar-refractivity contribution in [2.75, 3.05) is 0 Å². The van der Waals surface area contributed by atoms with E-state index in [1.807, 2.05) is 13.0 Å². The molecule has 17 heavy (non-hydrogen) atoms. The van der Waals surface area contributed by atoms with Crippen LogP contribution in [-0.4, -0.2) is 16.9 Å². The maximum Gasteiger partial charge on any atom is 0.253 e. The molecule has 1 heterocycles. The van der Waals surface area contributed by atoms with Crippen molar-refractivity contribution in [1.29, 1.82) is 5.26 Å². The number of hydrogen-bond donors (Lipinski definition) is 1. The number of rotatable bonds is 2. The van der Waals surface area contributed by atoms with E-state index in [-0.39, 0.29) is 17.9 Å². The number of nitrogens with zero attached hydrogens (tertiary/aromatic N) is 2. The van der Waals surface area contributed by atoms with Gasteiger partial charge in [-0.15, -0.1) is 0 Å². The van der Waals surface area contributed by atoms with Crippen LogP contribution >= 0.6 is 0 Å². The Bertz CT molecular complexity index is 447. The number of carbonyl (C=O) groups excluding carboxylic acids is 1. The van der Waals surface area contributed by atoms with Gasteiger partial charge >= 0.3 is 0 Å². The van der Waals surface area contributed by atoms with Crippen molar-refractivity contribution in [2.24, 2.45) is 5.92 Å². The van der Waals surface area contributed by atoms with Gasteiger partial charge in [0.1, 0.15) is 0 Å². The van der Waals surface area contributed by atoms with E-state index in [1.54, 1.807) is 12.3 Å². The zero-order chi connectivity index (χ0) is 12.3. The fraction of sp³-hybridized carbons (Fsp3) is 0.462. The molecule has 2 rings (SSSR count). The van der Waals surface area contributed by atoms with Crippen LogP contribution in [0.5, 0.6) is 0 Å². The van der Waals surface area contributed by atoms with Crippen molar-refractivity contribution in [3.8, 4) is 6.07 Å². The molecule has 0 spiro atoms. The fourth-order valence-corrected chi connectivity index (χ4v) is 2.14. The molecule has 4 nitrogen and oxygen atoms in total. The molecule has 1 N–H and O–H groups in total. The summed E-state index contributed by atoms with van der Waals surface area (Å²) < 4.78 is 0. The van der Waals surface area contributed by atoms with E-state index < -0.39 is 0 Å². The first-order valence-corrected chi connectivity index (χ1v) is 5.84. The van der Waals surface area contributed by atoms with Gasteiger partial charge in [0.25, 0.3) is 5.91 Å². The minimum absolute atomic E-state index is 0.00574. The minimum atomic E-state index is -0.135. The molecule has 2 atom stereocenters. The van der Waals surface area contributed by atoms with Crippen LogP contribution in [0.1, 0.15) is 35.3 Å². The second kappa shape index (κ2) is 4.96.